The van der Waals surface area contributed by atoms with Crippen molar-refractivity contribution in [1.29, 1.82) is 0 Å². The quantitative estimate of drug-likeness (QED) is 0.791. The fourth-order valence-corrected chi connectivity index (χ4v) is 2.69. The highest BCUT2D eigenvalue weighted by Crippen LogP contribution is 2.36. The molecule has 3 N–H and O–H groups in total. The summed E-state index contributed by atoms with van der Waals surface area (Å²) >= 11 is 1.42. The molecule has 2 rings (SSSR count). The number of nitrogens with one attached hydrogen (secondary N) is 1. The van der Waals surface area contributed by atoms with Crippen LogP contribution in [0.25, 0.3) is 11.1 Å². The fraction of sp³-hybridized carbons (Fsp3) is 0.429. The second-order valence-corrected chi connectivity index (χ2v) is 5.74. The first-order valence-electron chi connectivity index (χ1n) is 6.58. The molecule has 19 heavy (non-hydrogen) atoms. The second kappa shape index (κ2) is 6.52. The van der Waals surface area contributed by atoms with Gasteiger partial charge in [0.05, 0.1) is 5.56 Å². The molecule has 4 nitrogen and oxygen atoms in total. The van der Waals surface area contributed by atoms with E-state index in [0.29, 0.717) is 5.82 Å². The molecule has 0 bridgehead atoms. The predicted molar refractivity (Wildman–Crippen MR) is 82.3 cm³/mol. The van der Waals surface area contributed by atoms with Gasteiger partial charge in [0, 0.05) is 18.9 Å². The second-order valence-electron chi connectivity index (χ2n) is 4.97. The highest BCUT2D eigenvalue weighted by molar-refractivity contribution is 7.11. The third-order valence-corrected chi connectivity index (χ3v) is 3.75. The Labute approximate surface area is 118 Å². The summed E-state index contributed by atoms with van der Waals surface area (Å²) in [6, 6.07) is 3.92. The number of anilines is 2. The Kier molecular flexibility index (Phi) is 4.74. The Balaban J connectivity index is 2.06. The van der Waals surface area contributed by atoms with E-state index in [0.717, 1.165) is 35.0 Å². The van der Waals surface area contributed by atoms with E-state index in [1.54, 1.807) is 12.4 Å². The van der Waals surface area contributed by atoms with E-state index in [-0.39, 0.29) is 0 Å². The van der Waals surface area contributed by atoms with Crippen LogP contribution in [0.15, 0.2) is 24.5 Å². The average Bonchev–Trinajstić information content (AvgIpc) is 2.77. The van der Waals surface area contributed by atoms with Gasteiger partial charge in [0.2, 0.25) is 0 Å². The zero-order valence-corrected chi connectivity index (χ0v) is 12.2. The first kappa shape index (κ1) is 13.8. The van der Waals surface area contributed by atoms with Crippen LogP contribution in [0.4, 0.5) is 10.8 Å². The van der Waals surface area contributed by atoms with Crippen LogP contribution in [0.3, 0.4) is 0 Å². The zero-order chi connectivity index (χ0) is 13.7. The maximum atomic E-state index is 5.96. The summed E-state index contributed by atoms with van der Waals surface area (Å²) in [5, 5.41) is 4.49. The minimum Gasteiger partial charge on any atom is -0.382 e. The highest BCUT2D eigenvalue weighted by Gasteiger charge is 2.12. The smallest absolute Gasteiger partial charge is 0.147 e. The Morgan fingerprint density at radius 3 is 2.74 bits per heavy atom. The standard InChI is InChI=1S/C14H20N4S/c1-10(2)4-3-7-17-14-12(13(15)18-19-14)11-5-8-16-9-6-11/h5-6,8-10,17H,3-4,7H2,1-2H3,(H2,15,18). The SMILES string of the molecule is CC(C)CCCNc1snc(N)c1-c1ccncc1. The van der Waals surface area contributed by atoms with Crippen LogP contribution in [0.2, 0.25) is 0 Å². The number of aromatic nitrogens is 2. The molecule has 0 aliphatic carbocycles. The van der Waals surface area contributed by atoms with E-state index in [2.05, 4.69) is 28.5 Å². The van der Waals surface area contributed by atoms with Gasteiger partial charge < -0.3 is 11.1 Å². The molecule has 0 aliphatic heterocycles. The van der Waals surface area contributed by atoms with Gasteiger partial charge in [-0.25, -0.2) is 0 Å². The van der Waals surface area contributed by atoms with Crippen LogP contribution < -0.4 is 11.1 Å². The molecule has 2 aromatic rings. The maximum absolute atomic E-state index is 5.96. The lowest BCUT2D eigenvalue weighted by Gasteiger charge is -2.08. The number of nitrogens with two attached hydrogens (primary N) is 1. The van der Waals surface area contributed by atoms with Gasteiger partial charge in [-0.05, 0) is 48.0 Å². The van der Waals surface area contributed by atoms with E-state index in [1.165, 1.54) is 18.0 Å². The summed E-state index contributed by atoms with van der Waals surface area (Å²) in [7, 11) is 0. The van der Waals surface area contributed by atoms with Crippen molar-refractivity contribution < 1.29 is 0 Å². The molecular formula is C14H20N4S. The number of nitrogens with zero attached hydrogens (tertiary/aromatic N) is 2. The summed E-state index contributed by atoms with van der Waals surface area (Å²) in [6.07, 6.45) is 5.93. The molecule has 0 unspecified atom stereocenters. The molecule has 102 valence electrons. The van der Waals surface area contributed by atoms with Crippen molar-refractivity contribution in [3.05, 3.63) is 24.5 Å². The Morgan fingerprint density at radius 1 is 1.32 bits per heavy atom. The van der Waals surface area contributed by atoms with E-state index in [1.807, 2.05) is 12.1 Å². The van der Waals surface area contributed by atoms with Gasteiger partial charge in [-0.2, -0.15) is 4.37 Å². The minimum atomic E-state index is 0.586. The van der Waals surface area contributed by atoms with Gasteiger partial charge >= 0.3 is 0 Å². The molecule has 0 amide bonds. The summed E-state index contributed by atoms with van der Waals surface area (Å²) < 4.78 is 4.24. The number of hydrogen-bond acceptors (Lipinski definition) is 5. The van der Waals surface area contributed by atoms with Gasteiger partial charge in [-0.1, -0.05) is 13.8 Å². The van der Waals surface area contributed by atoms with Gasteiger partial charge in [0.25, 0.3) is 0 Å². The summed E-state index contributed by atoms with van der Waals surface area (Å²) in [6.45, 7) is 5.44. The van der Waals surface area contributed by atoms with Crippen molar-refractivity contribution in [2.45, 2.75) is 26.7 Å². The van der Waals surface area contributed by atoms with Crippen molar-refractivity contribution >= 4 is 22.4 Å². The lowest BCUT2D eigenvalue weighted by atomic mass is 10.1. The molecule has 0 radical (unpaired) electrons. The van der Waals surface area contributed by atoms with E-state index < -0.39 is 0 Å². The molecule has 0 aliphatic rings. The lowest BCUT2D eigenvalue weighted by molar-refractivity contribution is 0.567. The van der Waals surface area contributed by atoms with Crippen molar-refractivity contribution in [2.75, 3.05) is 17.6 Å². The molecule has 2 heterocycles. The van der Waals surface area contributed by atoms with E-state index in [9.17, 15) is 0 Å². The van der Waals surface area contributed by atoms with E-state index >= 15 is 0 Å². The van der Waals surface area contributed by atoms with Gasteiger partial charge in [-0.3, -0.25) is 4.98 Å². The first-order chi connectivity index (χ1) is 9.18. The maximum Gasteiger partial charge on any atom is 0.147 e. The van der Waals surface area contributed by atoms with Crippen LogP contribution in [0.5, 0.6) is 0 Å². The number of nitrogen functional groups attached to an aromatic ring is 1. The zero-order valence-electron chi connectivity index (χ0n) is 11.4. The molecule has 0 saturated carbocycles. The van der Waals surface area contributed by atoms with Gasteiger partial charge in [0.1, 0.15) is 10.8 Å². The van der Waals surface area contributed by atoms with Crippen molar-refractivity contribution in [2.24, 2.45) is 5.92 Å². The predicted octanol–water partition coefficient (Wildman–Crippen LogP) is 3.64. The van der Waals surface area contributed by atoms with Crippen LogP contribution in [-0.2, 0) is 0 Å². The topological polar surface area (TPSA) is 63.8 Å². The minimum absolute atomic E-state index is 0.586. The molecule has 0 fully saturated rings. The Bertz CT molecular complexity index is 507. The number of pyridine rings is 1. The third kappa shape index (κ3) is 3.67. The average molecular weight is 276 g/mol. The first-order valence-corrected chi connectivity index (χ1v) is 7.35. The molecular weight excluding hydrogens is 256 g/mol. The van der Waals surface area contributed by atoms with Crippen LogP contribution >= 0.6 is 11.5 Å². The Hall–Kier alpha value is -1.62. The van der Waals surface area contributed by atoms with Crippen LogP contribution in [-0.4, -0.2) is 15.9 Å². The number of hydrogen-bond donors (Lipinski definition) is 2. The molecule has 0 saturated heterocycles. The molecule has 5 heteroatoms. The van der Waals surface area contributed by atoms with Gasteiger partial charge in [-0.15, -0.1) is 0 Å². The monoisotopic (exact) mass is 276 g/mol. The summed E-state index contributed by atoms with van der Waals surface area (Å²) in [5.41, 5.74) is 8.02. The van der Waals surface area contributed by atoms with Crippen LogP contribution in [0, 0.1) is 5.92 Å². The molecule has 0 aromatic carbocycles. The summed E-state index contributed by atoms with van der Waals surface area (Å²) in [5.74, 6) is 1.33. The highest BCUT2D eigenvalue weighted by atomic mass is 32.1. The third-order valence-electron chi connectivity index (χ3n) is 2.93. The van der Waals surface area contributed by atoms with Gasteiger partial charge in [0.15, 0.2) is 0 Å². The fourth-order valence-electron chi connectivity index (χ4n) is 1.93. The van der Waals surface area contributed by atoms with E-state index in [4.69, 9.17) is 5.73 Å². The largest absolute Gasteiger partial charge is 0.382 e. The molecule has 2 aromatic heterocycles. The summed E-state index contributed by atoms with van der Waals surface area (Å²) in [4.78, 5) is 4.03. The van der Waals surface area contributed by atoms with Crippen molar-refractivity contribution in [3.63, 3.8) is 0 Å². The molecule has 0 atom stereocenters. The number of rotatable bonds is 6. The van der Waals surface area contributed by atoms with Crippen molar-refractivity contribution in [1.82, 2.24) is 9.36 Å². The normalized spacial score (nSPS) is 10.9. The molecule has 0 spiro atoms. The lowest BCUT2D eigenvalue weighted by Crippen LogP contribution is -2.03. The van der Waals surface area contributed by atoms with Crippen molar-refractivity contribution in [3.8, 4) is 11.1 Å². The van der Waals surface area contributed by atoms with Crippen LogP contribution in [0.1, 0.15) is 26.7 Å². The Morgan fingerprint density at radius 2 is 2.05 bits per heavy atom.